The zero-order valence-corrected chi connectivity index (χ0v) is 12.5. The largest absolute Gasteiger partial charge is 0.383 e. The predicted octanol–water partition coefficient (Wildman–Crippen LogP) is 1.88. The summed E-state index contributed by atoms with van der Waals surface area (Å²) in [4.78, 5) is 8.85. The van der Waals surface area contributed by atoms with E-state index in [1.165, 1.54) is 0 Å². The molecule has 0 aliphatic heterocycles. The van der Waals surface area contributed by atoms with Crippen LogP contribution in [0.2, 0.25) is 0 Å². The third-order valence-electron chi connectivity index (χ3n) is 3.16. The highest BCUT2D eigenvalue weighted by Crippen LogP contribution is 2.20. The van der Waals surface area contributed by atoms with Crippen molar-refractivity contribution < 1.29 is 0 Å². The molecule has 6 heteroatoms. The molecule has 0 unspecified atom stereocenters. The summed E-state index contributed by atoms with van der Waals surface area (Å²) in [5.74, 6) is 2.39. The molecule has 0 saturated heterocycles. The average Bonchev–Trinajstić information content (AvgIpc) is 2.80. The Labute approximate surface area is 119 Å². The first kappa shape index (κ1) is 14.3. The van der Waals surface area contributed by atoms with Crippen molar-refractivity contribution >= 4 is 11.6 Å². The van der Waals surface area contributed by atoms with Crippen LogP contribution in [0.4, 0.5) is 11.6 Å². The van der Waals surface area contributed by atoms with E-state index in [2.05, 4.69) is 34.2 Å². The number of hydrogen-bond donors (Lipinski definition) is 2. The highest BCUT2D eigenvalue weighted by atomic mass is 15.2. The van der Waals surface area contributed by atoms with Crippen LogP contribution in [-0.2, 0) is 13.5 Å². The minimum absolute atomic E-state index is 0.259. The van der Waals surface area contributed by atoms with Crippen LogP contribution in [0.5, 0.6) is 0 Å². The molecule has 0 aromatic carbocycles. The number of nitrogens with two attached hydrogens (primary N) is 1. The molecule has 20 heavy (non-hydrogen) atoms. The van der Waals surface area contributed by atoms with Gasteiger partial charge in [0.05, 0.1) is 5.69 Å². The van der Waals surface area contributed by atoms with E-state index in [0.29, 0.717) is 5.82 Å². The van der Waals surface area contributed by atoms with Gasteiger partial charge in [-0.3, -0.25) is 4.68 Å². The molecule has 0 bridgehead atoms. The van der Waals surface area contributed by atoms with Gasteiger partial charge in [-0.05, 0) is 13.0 Å². The maximum absolute atomic E-state index is 5.94. The van der Waals surface area contributed by atoms with Gasteiger partial charge >= 0.3 is 0 Å². The molecule has 0 aliphatic carbocycles. The van der Waals surface area contributed by atoms with Crippen LogP contribution in [0.15, 0.2) is 12.3 Å². The van der Waals surface area contributed by atoms with Crippen LogP contribution in [-0.4, -0.2) is 26.3 Å². The fourth-order valence-corrected chi connectivity index (χ4v) is 1.89. The molecular weight excluding hydrogens is 252 g/mol. The van der Waals surface area contributed by atoms with Gasteiger partial charge in [0, 0.05) is 37.7 Å². The average molecular weight is 274 g/mol. The quantitative estimate of drug-likeness (QED) is 0.870. The molecule has 0 fully saturated rings. The van der Waals surface area contributed by atoms with Crippen LogP contribution >= 0.6 is 0 Å². The Bertz CT molecular complexity index is 587. The Morgan fingerprint density at radius 2 is 2.10 bits per heavy atom. The Hall–Kier alpha value is -2.11. The lowest BCUT2D eigenvalue weighted by atomic mass is 10.2. The van der Waals surface area contributed by atoms with Gasteiger partial charge in [-0.1, -0.05) is 13.8 Å². The summed E-state index contributed by atoms with van der Waals surface area (Å²) in [6.45, 7) is 6.82. The Kier molecular flexibility index (Phi) is 4.22. The molecule has 2 aromatic rings. The Morgan fingerprint density at radius 1 is 1.35 bits per heavy atom. The van der Waals surface area contributed by atoms with Crippen molar-refractivity contribution in [3.8, 4) is 0 Å². The Morgan fingerprint density at radius 3 is 2.70 bits per heavy atom. The van der Waals surface area contributed by atoms with Gasteiger partial charge in [-0.2, -0.15) is 5.10 Å². The van der Waals surface area contributed by atoms with E-state index < -0.39 is 0 Å². The van der Waals surface area contributed by atoms with E-state index in [0.717, 1.165) is 35.9 Å². The molecule has 3 N–H and O–H groups in total. The zero-order chi connectivity index (χ0) is 14.7. The number of nitrogen functional groups attached to an aromatic ring is 1. The molecule has 2 heterocycles. The van der Waals surface area contributed by atoms with Crippen LogP contribution < -0.4 is 11.1 Å². The van der Waals surface area contributed by atoms with Crippen molar-refractivity contribution in [3.05, 3.63) is 29.3 Å². The standard InChI is InChI=1S/C14H22N6/c1-9(2)13-17-12(15)10(3)14(18-13)16-7-5-11-6-8-20(4)19-11/h6,8-9H,5,7H2,1-4H3,(H3,15,16,17,18). The molecule has 108 valence electrons. The molecule has 0 aliphatic rings. The van der Waals surface area contributed by atoms with Crippen LogP contribution in [0.25, 0.3) is 0 Å². The second kappa shape index (κ2) is 5.90. The number of anilines is 2. The second-order valence-corrected chi connectivity index (χ2v) is 5.25. The van der Waals surface area contributed by atoms with Crippen molar-refractivity contribution in [3.63, 3.8) is 0 Å². The van der Waals surface area contributed by atoms with Gasteiger partial charge in [-0.25, -0.2) is 9.97 Å². The SMILES string of the molecule is Cc1c(N)nc(C(C)C)nc1NCCc1ccn(C)n1. The van der Waals surface area contributed by atoms with Crippen LogP contribution in [0.3, 0.4) is 0 Å². The fraction of sp³-hybridized carbons (Fsp3) is 0.500. The predicted molar refractivity (Wildman–Crippen MR) is 80.7 cm³/mol. The van der Waals surface area contributed by atoms with Gasteiger partial charge in [0.15, 0.2) is 0 Å². The zero-order valence-electron chi connectivity index (χ0n) is 12.5. The third kappa shape index (κ3) is 3.26. The topological polar surface area (TPSA) is 81.6 Å². The van der Waals surface area contributed by atoms with Gasteiger partial charge in [0.2, 0.25) is 0 Å². The van der Waals surface area contributed by atoms with Crippen molar-refractivity contribution in [2.24, 2.45) is 7.05 Å². The lowest BCUT2D eigenvalue weighted by Gasteiger charge is -2.13. The highest BCUT2D eigenvalue weighted by molar-refractivity contribution is 5.55. The molecule has 0 atom stereocenters. The van der Waals surface area contributed by atoms with Crippen molar-refractivity contribution in [2.45, 2.75) is 33.1 Å². The molecule has 2 rings (SSSR count). The van der Waals surface area contributed by atoms with Gasteiger partial charge in [-0.15, -0.1) is 0 Å². The van der Waals surface area contributed by atoms with Crippen molar-refractivity contribution in [1.29, 1.82) is 0 Å². The maximum Gasteiger partial charge on any atom is 0.135 e. The van der Waals surface area contributed by atoms with E-state index in [1.54, 1.807) is 4.68 Å². The molecule has 0 saturated carbocycles. The summed E-state index contributed by atoms with van der Waals surface area (Å²) in [5.41, 5.74) is 7.90. The van der Waals surface area contributed by atoms with Gasteiger partial charge < -0.3 is 11.1 Å². The summed E-state index contributed by atoms with van der Waals surface area (Å²) in [6, 6.07) is 2.02. The van der Waals surface area contributed by atoms with Gasteiger partial charge in [0.1, 0.15) is 17.5 Å². The first-order chi connectivity index (χ1) is 9.47. The monoisotopic (exact) mass is 274 g/mol. The Balaban J connectivity index is 2.05. The smallest absolute Gasteiger partial charge is 0.135 e. The van der Waals surface area contributed by atoms with Crippen molar-refractivity contribution in [1.82, 2.24) is 19.7 Å². The molecule has 0 spiro atoms. The van der Waals surface area contributed by atoms with E-state index in [-0.39, 0.29) is 5.92 Å². The number of nitrogens with zero attached hydrogens (tertiary/aromatic N) is 4. The van der Waals surface area contributed by atoms with Crippen LogP contribution in [0.1, 0.15) is 36.8 Å². The third-order valence-corrected chi connectivity index (χ3v) is 3.16. The number of nitrogens with one attached hydrogen (secondary N) is 1. The first-order valence-electron chi connectivity index (χ1n) is 6.83. The minimum Gasteiger partial charge on any atom is -0.383 e. The molecule has 2 aromatic heterocycles. The fourth-order valence-electron chi connectivity index (χ4n) is 1.89. The lowest BCUT2D eigenvalue weighted by Crippen LogP contribution is -2.12. The lowest BCUT2D eigenvalue weighted by molar-refractivity contribution is 0.740. The van der Waals surface area contributed by atoms with Gasteiger partial charge in [0.25, 0.3) is 0 Å². The summed E-state index contributed by atoms with van der Waals surface area (Å²) in [7, 11) is 1.92. The molecule has 6 nitrogen and oxygen atoms in total. The summed E-state index contributed by atoms with van der Waals surface area (Å²) < 4.78 is 1.81. The highest BCUT2D eigenvalue weighted by Gasteiger charge is 2.11. The summed E-state index contributed by atoms with van der Waals surface area (Å²) in [6.07, 6.45) is 2.79. The molecule has 0 radical (unpaired) electrons. The second-order valence-electron chi connectivity index (χ2n) is 5.25. The number of hydrogen-bond acceptors (Lipinski definition) is 5. The normalized spacial score (nSPS) is 11.1. The minimum atomic E-state index is 0.259. The summed E-state index contributed by atoms with van der Waals surface area (Å²) in [5, 5.41) is 7.67. The number of aryl methyl sites for hydroxylation is 1. The number of rotatable bonds is 5. The first-order valence-corrected chi connectivity index (χ1v) is 6.83. The maximum atomic E-state index is 5.94. The van der Waals surface area contributed by atoms with Crippen molar-refractivity contribution in [2.75, 3.05) is 17.6 Å². The van der Waals surface area contributed by atoms with E-state index in [1.807, 2.05) is 26.2 Å². The number of aromatic nitrogens is 4. The molecular formula is C14H22N6. The molecule has 0 amide bonds. The summed E-state index contributed by atoms with van der Waals surface area (Å²) >= 11 is 0. The van der Waals surface area contributed by atoms with Crippen LogP contribution in [0, 0.1) is 6.92 Å². The van der Waals surface area contributed by atoms with E-state index >= 15 is 0 Å². The van der Waals surface area contributed by atoms with E-state index in [9.17, 15) is 0 Å². The van der Waals surface area contributed by atoms with E-state index in [4.69, 9.17) is 5.73 Å².